The van der Waals surface area contributed by atoms with Crippen LogP contribution in [0.1, 0.15) is 26.7 Å². The topological polar surface area (TPSA) is 46.5 Å². The molecule has 0 unspecified atom stereocenters. The fourth-order valence-corrected chi connectivity index (χ4v) is 0.603. The lowest BCUT2D eigenvalue weighted by molar-refractivity contribution is -0.151. The molecular formula is C9H16O3. The molecule has 0 spiro atoms. The minimum atomic E-state index is -1.02. The highest BCUT2D eigenvalue weighted by atomic mass is 16.5. The first-order valence-corrected chi connectivity index (χ1v) is 4.18. The summed E-state index contributed by atoms with van der Waals surface area (Å²) in [7, 11) is 0. The number of carbonyl (C=O) groups is 1. The molecule has 0 saturated heterocycles. The van der Waals surface area contributed by atoms with Crippen LogP contribution in [0.5, 0.6) is 0 Å². The van der Waals surface area contributed by atoms with E-state index in [-0.39, 0.29) is 6.61 Å². The summed E-state index contributed by atoms with van der Waals surface area (Å²) in [6.45, 7) is 3.72. The molecule has 0 aliphatic rings. The van der Waals surface area contributed by atoms with E-state index in [9.17, 15) is 4.79 Å². The Hall–Kier alpha value is -0.830. The van der Waals surface area contributed by atoms with Crippen LogP contribution in [0.3, 0.4) is 0 Å². The summed E-state index contributed by atoms with van der Waals surface area (Å²) >= 11 is 0. The number of esters is 1. The smallest absolute Gasteiger partial charge is 0.334 e. The Labute approximate surface area is 73.0 Å². The molecule has 0 saturated carbocycles. The van der Waals surface area contributed by atoms with E-state index in [0.29, 0.717) is 0 Å². The van der Waals surface area contributed by atoms with E-state index in [2.05, 4.69) is 11.7 Å². The number of aliphatic hydroxyl groups is 1. The molecule has 12 heavy (non-hydrogen) atoms. The Morgan fingerprint density at radius 3 is 2.75 bits per heavy atom. The molecule has 0 aromatic carbocycles. The SMILES string of the molecule is CCC/C=C/COC(=O)[C@H](C)O. The molecule has 3 nitrogen and oxygen atoms in total. The van der Waals surface area contributed by atoms with Crippen LogP contribution < -0.4 is 0 Å². The maximum atomic E-state index is 10.7. The average Bonchev–Trinajstić information content (AvgIpc) is 2.03. The van der Waals surface area contributed by atoms with Crippen LogP contribution in [-0.2, 0) is 9.53 Å². The van der Waals surface area contributed by atoms with E-state index >= 15 is 0 Å². The number of carbonyl (C=O) groups excluding carboxylic acids is 1. The second kappa shape index (κ2) is 6.85. The Morgan fingerprint density at radius 1 is 1.58 bits per heavy atom. The molecule has 0 radical (unpaired) electrons. The van der Waals surface area contributed by atoms with E-state index in [0.717, 1.165) is 12.8 Å². The van der Waals surface area contributed by atoms with Gasteiger partial charge in [0.25, 0.3) is 0 Å². The van der Waals surface area contributed by atoms with Gasteiger partial charge in [-0.2, -0.15) is 0 Å². The molecule has 0 amide bonds. The lowest BCUT2D eigenvalue weighted by Crippen LogP contribution is -2.19. The zero-order valence-corrected chi connectivity index (χ0v) is 7.62. The molecule has 0 aliphatic carbocycles. The second-order valence-electron chi connectivity index (χ2n) is 2.57. The summed E-state index contributed by atoms with van der Waals surface area (Å²) in [6.07, 6.45) is 4.79. The van der Waals surface area contributed by atoms with E-state index < -0.39 is 12.1 Å². The monoisotopic (exact) mass is 172 g/mol. The summed E-state index contributed by atoms with van der Waals surface area (Å²) in [5.74, 6) is -0.573. The van der Waals surface area contributed by atoms with Crippen molar-refractivity contribution in [3.05, 3.63) is 12.2 Å². The molecule has 0 fully saturated rings. The number of rotatable bonds is 5. The van der Waals surface area contributed by atoms with Gasteiger partial charge in [0.2, 0.25) is 0 Å². The van der Waals surface area contributed by atoms with Gasteiger partial charge in [-0.3, -0.25) is 0 Å². The number of hydrogen-bond donors (Lipinski definition) is 1. The Bertz CT molecular complexity index is 150. The van der Waals surface area contributed by atoms with Gasteiger partial charge < -0.3 is 9.84 Å². The third kappa shape index (κ3) is 5.92. The number of ether oxygens (including phenoxy) is 1. The van der Waals surface area contributed by atoms with Crippen molar-refractivity contribution >= 4 is 5.97 Å². The minimum absolute atomic E-state index is 0.254. The molecule has 0 bridgehead atoms. The minimum Gasteiger partial charge on any atom is -0.460 e. The maximum Gasteiger partial charge on any atom is 0.334 e. The largest absolute Gasteiger partial charge is 0.460 e. The van der Waals surface area contributed by atoms with Gasteiger partial charge in [0.05, 0.1) is 0 Å². The fraction of sp³-hybridized carbons (Fsp3) is 0.667. The van der Waals surface area contributed by atoms with Gasteiger partial charge in [0.1, 0.15) is 12.7 Å². The highest BCUT2D eigenvalue weighted by Gasteiger charge is 2.07. The number of allylic oxidation sites excluding steroid dienone is 1. The lowest BCUT2D eigenvalue weighted by atomic mass is 10.3. The van der Waals surface area contributed by atoms with Gasteiger partial charge >= 0.3 is 5.97 Å². The van der Waals surface area contributed by atoms with Gasteiger partial charge in [0, 0.05) is 0 Å². The molecule has 0 rings (SSSR count). The molecule has 0 aliphatic heterocycles. The predicted octanol–water partition coefficient (Wildman–Crippen LogP) is 1.27. The number of unbranched alkanes of at least 4 members (excludes halogenated alkanes) is 1. The maximum absolute atomic E-state index is 10.7. The third-order valence-electron chi connectivity index (χ3n) is 1.28. The molecule has 0 aromatic rings. The van der Waals surface area contributed by atoms with Crippen molar-refractivity contribution in [1.82, 2.24) is 0 Å². The predicted molar refractivity (Wildman–Crippen MR) is 46.7 cm³/mol. The summed E-state index contributed by atoms with van der Waals surface area (Å²) in [5.41, 5.74) is 0. The van der Waals surface area contributed by atoms with Crippen LogP contribution in [0.15, 0.2) is 12.2 Å². The van der Waals surface area contributed by atoms with Crippen LogP contribution in [0, 0.1) is 0 Å². The molecule has 0 heterocycles. The van der Waals surface area contributed by atoms with Crippen LogP contribution in [-0.4, -0.2) is 23.8 Å². The van der Waals surface area contributed by atoms with Crippen molar-refractivity contribution in [3.8, 4) is 0 Å². The van der Waals surface area contributed by atoms with E-state index in [1.165, 1.54) is 6.92 Å². The van der Waals surface area contributed by atoms with Crippen LogP contribution in [0.2, 0.25) is 0 Å². The summed E-state index contributed by atoms with van der Waals surface area (Å²) < 4.78 is 4.67. The first-order valence-electron chi connectivity index (χ1n) is 4.18. The Morgan fingerprint density at radius 2 is 2.25 bits per heavy atom. The summed E-state index contributed by atoms with van der Waals surface area (Å²) in [6, 6.07) is 0. The molecular weight excluding hydrogens is 156 g/mol. The zero-order chi connectivity index (χ0) is 9.40. The van der Waals surface area contributed by atoms with Crippen LogP contribution >= 0.6 is 0 Å². The lowest BCUT2D eigenvalue weighted by Gasteiger charge is -2.02. The molecule has 1 N–H and O–H groups in total. The van der Waals surface area contributed by atoms with Crippen molar-refractivity contribution in [3.63, 3.8) is 0 Å². The van der Waals surface area contributed by atoms with Crippen molar-refractivity contribution in [2.45, 2.75) is 32.8 Å². The van der Waals surface area contributed by atoms with Gasteiger partial charge in [-0.1, -0.05) is 25.5 Å². The Kier molecular flexibility index (Phi) is 6.38. The van der Waals surface area contributed by atoms with Crippen molar-refractivity contribution in [2.75, 3.05) is 6.61 Å². The van der Waals surface area contributed by atoms with Crippen LogP contribution in [0.4, 0.5) is 0 Å². The zero-order valence-electron chi connectivity index (χ0n) is 7.62. The quantitative estimate of drug-likeness (QED) is 0.501. The van der Waals surface area contributed by atoms with Crippen LogP contribution in [0.25, 0.3) is 0 Å². The van der Waals surface area contributed by atoms with Crippen molar-refractivity contribution < 1.29 is 14.6 Å². The fourth-order valence-electron chi connectivity index (χ4n) is 0.603. The first-order chi connectivity index (χ1) is 5.68. The number of hydrogen-bond acceptors (Lipinski definition) is 3. The molecule has 1 atom stereocenters. The summed E-state index contributed by atoms with van der Waals surface area (Å²) in [5, 5.41) is 8.72. The number of aliphatic hydroxyl groups excluding tert-OH is 1. The van der Waals surface area contributed by atoms with E-state index in [4.69, 9.17) is 5.11 Å². The highest BCUT2D eigenvalue weighted by molar-refractivity contribution is 5.73. The normalized spacial score (nSPS) is 13.2. The molecule has 0 aromatic heterocycles. The highest BCUT2D eigenvalue weighted by Crippen LogP contribution is 1.90. The molecule has 70 valence electrons. The van der Waals surface area contributed by atoms with E-state index in [1.807, 2.05) is 6.08 Å². The first kappa shape index (κ1) is 11.2. The average molecular weight is 172 g/mol. The summed E-state index contributed by atoms with van der Waals surface area (Å²) in [4.78, 5) is 10.7. The standard InChI is InChI=1S/C9H16O3/c1-3-4-5-6-7-12-9(11)8(2)10/h5-6,8,10H,3-4,7H2,1-2H3/b6-5+/t8-/m0/s1. The third-order valence-corrected chi connectivity index (χ3v) is 1.28. The van der Waals surface area contributed by atoms with Gasteiger partial charge in [0.15, 0.2) is 0 Å². The van der Waals surface area contributed by atoms with Gasteiger partial charge in [-0.25, -0.2) is 4.79 Å². The second-order valence-corrected chi connectivity index (χ2v) is 2.57. The van der Waals surface area contributed by atoms with Gasteiger partial charge in [-0.05, 0) is 13.3 Å². The van der Waals surface area contributed by atoms with Crippen molar-refractivity contribution in [2.24, 2.45) is 0 Å². The van der Waals surface area contributed by atoms with Gasteiger partial charge in [-0.15, -0.1) is 0 Å². The van der Waals surface area contributed by atoms with E-state index in [1.54, 1.807) is 6.08 Å². The molecule has 3 heteroatoms. The van der Waals surface area contributed by atoms with Crippen molar-refractivity contribution in [1.29, 1.82) is 0 Å². The Balaban J connectivity index is 3.37.